The van der Waals surface area contributed by atoms with Crippen LogP contribution in [0.1, 0.15) is 24.0 Å². The zero-order valence-electron chi connectivity index (χ0n) is 9.26. The number of aryl methyl sites for hydroxylation is 1. The van der Waals surface area contributed by atoms with E-state index in [-0.39, 0.29) is 11.5 Å². The van der Waals surface area contributed by atoms with Crippen LogP contribution in [-0.4, -0.2) is 22.8 Å². The molecule has 1 aromatic rings. The van der Waals surface area contributed by atoms with Crippen molar-refractivity contribution in [2.24, 2.45) is 0 Å². The number of phenolic OH excluding ortho intramolecular Hbond substituents is 2. The van der Waals surface area contributed by atoms with E-state index >= 15 is 0 Å². The maximum atomic E-state index is 9.67. The average Bonchev–Trinajstić information content (AvgIpc) is 2.74. The second kappa shape index (κ2) is 4.63. The van der Waals surface area contributed by atoms with E-state index in [0.717, 1.165) is 24.1 Å². The normalized spacial score (nSPS) is 20.2. The van der Waals surface area contributed by atoms with Gasteiger partial charge in [-0.05, 0) is 65.9 Å². The van der Waals surface area contributed by atoms with Crippen LogP contribution in [0, 0.1) is 6.92 Å². The minimum Gasteiger partial charge on any atom is -0.504 e. The first-order chi connectivity index (χ1) is 7.59. The van der Waals surface area contributed by atoms with E-state index in [9.17, 15) is 10.2 Å². The summed E-state index contributed by atoms with van der Waals surface area (Å²) < 4.78 is 0.624. The summed E-state index contributed by atoms with van der Waals surface area (Å²) in [5.41, 5.74) is 2.09. The van der Waals surface area contributed by atoms with Crippen LogP contribution in [0.5, 0.6) is 11.5 Å². The monoisotopic (exact) mass is 285 g/mol. The van der Waals surface area contributed by atoms with Gasteiger partial charge in [0.2, 0.25) is 0 Å². The number of rotatable bonds is 2. The topological polar surface area (TPSA) is 52.5 Å². The Morgan fingerprint density at radius 3 is 2.88 bits per heavy atom. The van der Waals surface area contributed by atoms with Gasteiger partial charge in [0.05, 0.1) is 4.47 Å². The third-order valence-electron chi connectivity index (χ3n) is 3.16. The average molecular weight is 286 g/mol. The van der Waals surface area contributed by atoms with Crippen LogP contribution in [0.2, 0.25) is 0 Å². The van der Waals surface area contributed by atoms with E-state index in [1.54, 1.807) is 6.07 Å². The SMILES string of the molecule is Cc1cc(O)c(O)c(Br)c1CC1CCCN1. The van der Waals surface area contributed by atoms with Crippen LogP contribution in [-0.2, 0) is 6.42 Å². The number of phenols is 2. The number of hydrogen-bond donors (Lipinski definition) is 3. The van der Waals surface area contributed by atoms with Crippen LogP contribution in [0.25, 0.3) is 0 Å². The molecular formula is C12H16BrNO2. The molecule has 1 saturated heterocycles. The molecule has 0 aromatic heterocycles. The molecule has 1 aliphatic heterocycles. The van der Waals surface area contributed by atoms with Crippen LogP contribution in [0.4, 0.5) is 0 Å². The number of hydrogen-bond acceptors (Lipinski definition) is 3. The molecule has 4 heteroatoms. The molecule has 0 radical (unpaired) electrons. The summed E-state index contributed by atoms with van der Waals surface area (Å²) in [6, 6.07) is 2.10. The predicted octanol–water partition coefficient (Wildman–Crippen LogP) is 2.46. The van der Waals surface area contributed by atoms with Gasteiger partial charge in [-0.3, -0.25) is 0 Å². The molecule has 1 unspecified atom stereocenters. The zero-order valence-corrected chi connectivity index (χ0v) is 10.8. The van der Waals surface area contributed by atoms with Gasteiger partial charge < -0.3 is 15.5 Å². The van der Waals surface area contributed by atoms with Gasteiger partial charge >= 0.3 is 0 Å². The lowest BCUT2D eigenvalue weighted by atomic mass is 9.99. The highest BCUT2D eigenvalue weighted by Crippen LogP contribution is 2.38. The van der Waals surface area contributed by atoms with E-state index in [1.807, 2.05) is 6.92 Å². The Bertz CT molecular complexity index is 400. The second-order valence-electron chi connectivity index (χ2n) is 4.35. The zero-order chi connectivity index (χ0) is 11.7. The smallest absolute Gasteiger partial charge is 0.172 e. The van der Waals surface area contributed by atoms with Gasteiger partial charge in [0.1, 0.15) is 0 Å². The van der Waals surface area contributed by atoms with E-state index in [2.05, 4.69) is 21.2 Å². The number of benzene rings is 1. The molecule has 1 heterocycles. The summed E-state index contributed by atoms with van der Waals surface area (Å²) in [4.78, 5) is 0. The molecule has 0 saturated carbocycles. The molecule has 3 nitrogen and oxygen atoms in total. The van der Waals surface area contributed by atoms with Gasteiger partial charge in [-0.2, -0.15) is 0 Å². The molecule has 2 rings (SSSR count). The summed E-state index contributed by atoms with van der Waals surface area (Å²) in [6.07, 6.45) is 3.28. The van der Waals surface area contributed by atoms with Crippen molar-refractivity contribution in [3.63, 3.8) is 0 Å². The lowest BCUT2D eigenvalue weighted by Crippen LogP contribution is -2.24. The maximum Gasteiger partial charge on any atom is 0.172 e. The third-order valence-corrected chi connectivity index (χ3v) is 4.01. The first-order valence-corrected chi connectivity index (χ1v) is 6.32. The Labute approximate surface area is 104 Å². The lowest BCUT2D eigenvalue weighted by Gasteiger charge is -2.15. The molecule has 3 N–H and O–H groups in total. The molecule has 0 spiro atoms. The van der Waals surface area contributed by atoms with E-state index < -0.39 is 0 Å². The van der Waals surface area contributed by atoms with Crippen molar-refractivity contribution in [3.05, 3.63) is 21.7 Å². The lowest BCUT2D eigenvalue weighted by molar-refractivity contribution is 0.400. The van der Waals surface area contributed by atoms with Crippen LogP contribution in [0.15, 0.2) is 10.5 Å². The predicted molar refractivity (Wildman–Crippen MR) is 66.9 cm³/mol. The van der Waals surface area contributed by atoms with Crippen LogP contribution in [0.3, 0.4) is 0 Å². The molecule has 1 atom stereocenters. The van der Waals surface area contributed by atoms with Crippen LogP contribution >= 0.6 is 15.9 Å². The van der Waals surface area contributed by atoms with Crippen LogP contribution < -0.4 is 5.32 Å². The Morgan fingerprint density at radius 1 is 1.50 bits per heavy atom. The van der Waals surface area contributed by atoms with Gasteiger partial charge in [0.25, 0.3) is 0 Å². The summed E-state index contributed by atoms with van der Waals surface area (Å²) in [5, 5.41) is 22.6. The van der Waals surface area contributed by atoms with E-state index in [4.69, 9.17) is 0 Å². The summed E-state index contributed by atoms with van der Waals surface area (Å²) >= 11 is 3.35. The van der Waals surface area contributed by atoms with Crippen molar-refractivity contribution in [2.45, 2.75) is 32.2 Å². The first-order valence-electron chi connectivity index (χ1n) is 5.53. The standard InChI is InChI=1S/C12H16BrNO2/c1-7-5-10(15)12(16)11(13)9(7)6-8-3-2-4-14-8/h5,8,14-16H,2-4,6H2,1H3. The fraction of sp³-hybridized carbons (Fsp3) is 0.500. The van der Waals surface area contributed by atoms with Crippen molar-refractivity contribution in [1.82, 2.24) is 5.32 Å². The van der Waals surface area contributed by atoms with Gasteiger partial charge in [-0.1, -0.05) is 0 Å². The van der Waals surface area contributed by atoms with Gasteiger partial charge in [-0.15, -0.1) is 0 Å². The number of halogens is 1. The highest BCUT2D eigenvalue weighted by Gasteiger charge is 2.19. The molecule has 0 aliphatic carbocycles. The fourth-order valence-electron chi connectivity index (χ4n) is 2.22. The molecule has 16 heavy (non-hydrogen) atoms. The van der Waals surface area contributed by atoms with Crippen molar-refractivity contribution in [2.75, 3.05) is 6.54 Å². The molecule has 0 bridgehead atoms. The summed E-state index contributed by atoms with van der Waals surface area (Å²) in [6.45, 7) is 3.03. The molecule has 1 fully saturated rings. The minimum absolute atomic E-state index is 0.0569. The highest BCUT2D eigenvalue weighted by molar-refractivity contribution is 9.10. The Kier molecular flexibility index (Phi) is 3.40. The molecule has 1 aliphatic rings. The highest BCUT2D eigenvalue weighted by atomic mass is 79.9. The second-order valence-corrected chi connectivity index (χ2v) is 5.14. The van der Waals surface area contributed by atoms with Crippen molar-refractivity contribution in [1.29, 1.82) is 0 Å². The Balaban J connectivity index is 2.28. The largest absolute Gasteiger partial charge is 0.504 e. The van der Waals surface area contributed by atoms with Crippen molar-refractivity contribution >= 4 is 15.9 Å². The fourth-order valence-corrected chi connectivity index (χ4v) is 2.89. The quantitative estimate of drug-likeness (QED) is 0.732. The minimum atomic E-state index is -0.0625. The third kappa shape index (κ3) is 2.18. The Hall–Kier alpha value is -0.740. The molecule has 88 valence electrons. The maximum absolute atomic E-state index is 9.67. The Morgan fingerprint density at radius 2 is 2.25 bits per heavy atom. The van der Waals surface area contributed by atoms with Gasteiger partial charge in [0, 0.05) is 6.04 Å². The van der Waals surface area contributed by atoms with Gasteiger partial charge in [-0.25, -0.2) is 0 Å². The number of nitrogens with one attached hydrogen (secondary N) is 1. The molecule has 1 aromatic carbocycles. The van der Waals surface area contributed by atoms with Crippen molar-refractivity contribution in [3.8, 4) is 11.5 Å². The molecule has 0 amide bonds. The first kappa shape index (κ1) is 11.7. The van der Waals surface area contributed by atoms with Crippen molar-refractivity contribution < 1.29 is 10.2 Å². The van der Waals surface area contributed by atoms with E-state index in [0.29, 0.717) is 10.5 Å². The molecular weight excluding hydrogens is 270 g/mol. The summed E-state index contributed by atoms with van der Waals surface area (Å²) in [7, 11) is 0. The summed E-state index contributed by atoms with van der Waals surface area (Å²) in [5.74, 6) is -0.119. The number of aromatic hydroxyl groups is 2. The van der Waals surface area contributed by atoms with Gasteiger partial charge in [0.15, 0.2) is 11.5 Å². The van der Waals surface area contributed by atoms with E-state index in [1.165, 1.54) is 12.8 Å².